The van der Waals surface area contributed by atoms with Gasteiger partial charge < -0.3 is 19.0 Å². The second-order valence-corrected chi connectivity index (χ2v) is 9.12. The topological polar surface area (TPSA) is 66.7 Å². The fourth-order valence-electron chi connectivity index (χ4n) is 5.19. The van der Waals surface area contributed by atoms with Crippen molar-refractivity contribution >= 4 is 21.9 Å². The molecule has 4 rings (SSSR count). The van der Waals surface area contributed by atoms with Crippen LogP contribution in [0.5, 0.6) is 11.5 Å². The van der Waals surface area contributed by atoms with Gasteiger partial charge in [-0.1, -0.05) is 24.3 Å². The van der Waals surface area contributed by atoms with Gasteiger partial charge >= 0.3 is 0 Å². The number of aryl methyl sites for hydroxylation is 2. The first-order valence-electron chi connectivity index (χ1n) is 12.0. The van der Waals surface area contributed by atoms with Crippen molar-refractivity contribution in [1.29, 1.82) is 0 Å². The summed E-state index contributed by atoms with van der Waals surface area (Å²) in [6, 6.07) is 0. The van der Waals surface area contributed by atoms with Gasteiger partial charge in [0.15, 0.2) is 22.7 Å². The number of aromatic hydroxyl groups is 2. The molecule has 2 N–H and O–H groups in total. The first kappa shape index (κ1) is 23.7. The molecule has 4 nitrogen and oxygen atoms in total. The highest BCUT2D eigenvalue weighted by Crippen LogP contribution is 2.49. The molecule has 0 saturated heterocycles. The van der Waals surface area contributed by atoms with Gasteiger partial charge in [-0.15, -0.1) is 0 Å². The van der Waals surface area contributed by atoms with Crippen LogP contribution in [-0.4, -0.2) is 10.2 Å². The van der Waals surface area contributed by atoms with Crippen LogP contribution in [0.3, 0.4) is 0 Å². The van der Waals surface area contributed by atoms with Crippen molar-refractivity contribution in [2.75, 3.05) is 0 Å². The number of phenols is 2. The van der Waals surface area contributed by atoms with Crippen LogP contribution < -0.4 is 0 Å². The number of fused-ring (bicyclic) bond motifs is 2. The lowest BCUT2D eigenvalue weighted by Crippen LogP contribution is -2.01. The standard InChI is InChI=1S/C30H34O4/c1-7-9-11-13-21-19(5)25(23-17(3)15-33-29(23)27(21)31)26-20(6)22(14-12-10-8-2)28(32)30-24(26)18(4)16-34-30/h7-10,15-16,31-32H,11-14H2,1-6H3. The van der Waals surface area contributed by atoms with Crippen molar-refractivity contribution in [3.05, 3.63) is 70.2 Å². The smallest absolute Gasteiger partial charge is 0.176 e. The highest BCUT2D eigenvalue weighted by atomic mass is 16.4. The lowest BCUT2D eigenvalue weighted by atomic mass is 9.83. The monoisotopic (exact) mass is 458 g/mol. The summed E-state index contributed by atoms with van der Waals surface area (Å²) < 4.78 is 11.8. The number of benzene rings is 2. The number of rotatable bonds is 7. The van der Waals surface area contributed by atoms with Crippen LogP contribution in [0.15, 0.2) is 45.7 Å². The predicted molar refractivity (Wildman–Crippen MR) is 140 cm³/mol. The quantitative estimate of drug-likeness (QED) is 0.272. The number of hydrogen-bond donors (Lipinski definition) is 2. The third-order valence-corrected chi connectivity index (χ3v) is 6.95. The molecule has 4 aromatic rings. The SMILES string of the molecule is CC=CCCc1c(C)c(-c2c(C)c(CCC=CC)c(O)c3occ(C)c23)c2c(C)coc2c1O. The molecule has 0 radical (unpaired) electrons. The van der Waals surface area contributed by atoms with Gasteiger partial charge in [-0.3, -0.25) is 0 Å². The second kappa shape index (κ2) is 9.46. The molecule has 0 fully saturated rings. The number of allylic oxidation sites excluding steroid dienone is 4. The van der Waals surface area contributed by atoms with Crippen molar-refractivity contribution in [1.82, 2.24) is 0 Å². The molecule has 0 amide bonds. The molecule has 2 heterocycles. The van der Waals surface area contributed by atoms with Crippen molar-refractivity contribution in [3.8, 4) is 22.6 Å². The van der Waals surface area contributed by atoms with E-state index >= 15 is 0 Å². The zero-order valence-corrected chi connectivity index (χ0v) is 21.0. The third kappa shape index (κ3) is 3.71. The van der Waals surface area contributed by atoms with E-state index in [0.717, 1.165) is 68.1 Å². The second-order valence-electron chi connectivity index (χ2n) is 9.12. The summed E-state index contributed by atoms with van der Waals surface area (Å²) >= 11 is 0. The molecular weight excluding hydrogens is 424 g/mol. The number of hydrogen-bond acceptors (Lipinski definition) is 4. The Morgan fingerprint density at radius 1 is 0.676 bits per heavy atom. The van der Waals surface area contributed by atoms with Gasteiger partial charge in [0.2, 0.25) is 0 Å². The average Bonchev–Trinajstić information content (AvgIpc) is 3.38. The van der Waals surface area contributed by atoms with Gasteiger partial charge in [0.25, 0.3) is 0 Å². The van der Waals surface area contributed by atoms with Crippen LogP contribution >= 0.6 is 0 Å². The molecule has 0 aliphatic heterocycles. The highest BCUT2D eigenvalue weighted by molar-refractivity contribution is 6.11. The lowest BCUT2D eigenvalue weighted by molar-refractivity contribution is 0.457. The summed E-state index contributed by atoms with van der Waals surface area (Å²) in [7, 11) is 0. The van der Waals surface area contributed by atoms with E-state index in [4.69, 9.17) is 8.83 Å². The van der Waals surface area contributed by atoms with Crippen LogP contribution in [0.4, 0.5) is 0 Å². The van der Waals surface area contributed by atoms with Gasteiger partial charge in [-0.25, -0.2) is 0 Å². The molecule has 0 aliphatic carbocycles. The Kier molecular flexibility index (Phi) is 6.60. The molecule has 0 spiro atoms. The first-order chi connectivity index (χ1) is 16.3. The molecule has 2 aromatic heterocycles. The van der Waals surface area contributed by atoms with Crippen LogP contribution in [0.25, 0.3) is 33.1 Å². The highest BCUT2D eigenvalue weighted by Gasteiger charge is 2.27. The Bertz CT molecular complexity index is 1320. The number of furan rings is 2. The minimum atomic E-state index is 0.221. The van der Waals surface area contributed by atoms with E-state index in [2.05, 4.69) is 26.0 Å². The summed E-state index contributed by atoms with van der Waals surface area (Å²) in [4.78, 5) is 0. The Morgan fingerprint density at radius 3 is 1.41 bits per heavy atom. The van der Waals surface area contributed by atoms with E-state index in [0.29, 0.717) is 24.0 Å². The average molecular weight is 459 g/mol. The number of phenolic OH excluding ortho intramolecular Hbond substituents is 2. The minimum Gasteiger partial charge on any atom is -0.504 e. The van der Waals surface area contributed by atoms with Gasteiger partial charge in [0.1, 0.15) is 0 Å². The van der Waals surface area contributed by atoms with E-state index in [1.807, 2.05) is 39.8 Å². The fourth-order valence-corrected chi connectivity index (χ4v) is 5.19. The van der Waals surface area contributed by atoms with Crippen LogP contribution in [0.1, 0.15) is 60.1 Å². The van der Waals surface area contributed by atoms with Gasteiger partial charge in [0.05, 0.1) is 12.5 Å². The molecule has 0 bridgehead atoms. The van der Waals surface area contributed by atoms with Gasteiger partial charge in [-0.05, 0) is 101 Å². The van der Waals surface area contributed by atoms with E-state index in [1.165, 1.54) is 0 Å². The van der Waals surface area contributed by atoms with Crippen LogP contribution in [-0.2, 0) is 12.8 Å². The van der Waals surface area contributed by atoms with Gasteiger partial charge in [0, 0.05) is 21.9 Å². The van der Waals surface area contributed by atoms with Crippen molar-refractivity contribution in [3.63, 3.8) is 0 Å². The van der Waals surface area contributed by atoms with E-state index < -0.39 is 0 Å². The Balaban J connectivity index is 2.14. The summed E-state index contributed by atoms with van der Waals surface area (Å²) in [5, 5.41) is 24.2. The maximum Gasteiger partial charge on any atom is 0.176 e. The summed E-state index contributed by atoms with van der Waals surface area (Å²) in [6.45, 7) is 12.2. The van der Waals surface area contributed by atoms with E-state index in [1.54, 1.807) is 12.5 Å². The molecule has 2 aromatic carbocycles. The van der Waals surface area contributed by atoms with E-state index in [-0.39, 0.29) is 11.5 Å². The molecule has 0 unspecified atom stereocenters. The molecule has 178 valence electrons. The Hall–Kier alpha value is -3.40. The minimum absolute atomic E-state index is 0.221. The van der Waals surface area contributed by atoms with Gasteiger partial charge in [-0.2, -0.15) is 0 Å². The normalized spacial score (nSPS) is 12.3. The van der Waals surface area contributed by atoms with Crippen molar-refractivity contribution < 1.29 is 19.0 Å². The van der Waals surface area contributed by atoms with Crippen molar-refractivity contribution in [2.45, 2.75) is 67.2 Å². The molecule has 0 atom stereocenters. The summed E-state index contributed by atoms with van der Waals surface area (Å²) in [5.41, 5.74) is 8.95. The van der Waals surface area contributed by atoms with Crippen molar-refractivity contribution in [2.24, 2.45) is 0 Å². The first-order valence-corrected chi connectivity index (χ1v) is 12.0. The van der Waals surface area contributed by atoms with Crippen LogP contribution in [0, 0.1) is 27.7 Å². The lowest BCUT2D eigenvalue weighted by Gasteiger charge is -2.21. The van der Waals surface area contributed by atoms with Crippen LogP contribution in [0.2, 0.25) is 0 Å². The molecule has 34 heavy (non-hydrogen) atoms. The summed E-state index contributed by atoms with van der Waals surface area (Å²) in [6.07, 6.45) is 14.8. The molecule has 0 saturated carbocycles. The molecule has 0 aliphatic rings. The zero-order chi connectivity index (χ0) is 24.6. The molecular formula is C30H34O4. The maximum atomic E-state index is 11.2. The molecule has 4 heteroatoms. The largest absolute Gasteiger partial charge is 0.504 e. The zero-order valence-electron chi connectivity index (χ0n) is 21.0. The maximum absolute atomic E-state index is 11.2. The Labute approximate surface area is 201 Å². The summed E-state index contributed by atoms with van der Waals surface area (Å²) in [5.74, 6) is 0.442. The fraction of sp³-hybridized carbons (Fsp3) is 0.333. The Morgan fingerprint density at radius 2 is 1.06 bits per heavy atom. The third-order valence-electron chi connectivity index (χ3n) is 6.95. The van der Waals surface area contributed by atoms with E-state index in [9.17, 15) is 10.2 Å². The predicted octanol–water partition coefficient (Wildman–Crippen LogP) is 8.51.